The van der Waals surface area contributed by atoms with Crippen molar-refractivity contribution < 1.29 is 18.3 Å². The van der Waals surface area contributed by atoms with Crippen LogP contribution in [-0.2, 0) is 0 Å². The fourth-order valence-electron chi connectivity index (χ4n) is 1.79. The van der Waals surface area contributed by atoms with Crippen LogP contribution in [-0.4, -0.2) is 11.7 Å². The maximum atomic E-state index is 13.7. The molecule has 20 heavy (non-hydrogen) atoms. The van der Waals surface area contributed by atoms with E-state index in [-0.39, 0.29) is 5.56 Å². The first kappa shape index (κ1) is 14.7. The Balaban J connectivity index is 2.34. The first-order valence-electron chi connectivity index (χ1n) is 5.79. The monoisotopic (exact) mass is 301 g/mol. The Morgan fingerprint density at radius 2 is 1.70 bits per heavy atom. The Bertz CT molecular complexity index is 621. The average molecular weight is 302 g/mol. The minimum atomic E-state index is -1.28. The van der Waals surface area contributed by atoms with E-state index in [1.54, 1.807) is 24.3 Å². The first-order chi connectivity index (χ1) is 9.52. The first-order valence-corrected chi connectivity index (χ1v) is 6.17. The summed E-state index contributed by atoms with van der Waals surface area (Å²) in [5.41, 5.74) is 0.281. The van der Waals surface area contributed by atoms with Gasteiger partial charge < -0.3 is 10.4 Å². The number of hydrogen-bond acceptors (Lipinski definition) is 2. The van der Waals surface area contributed by atoms with Gasteiger partial charge in [-0.05, 0) is 18.2 Å². The summed E-state index contributed by atoms with van der Waals surface area (Å²) >= 11 is 5.94. The van der Waals surface area contributed by atoms with E-state index >= 15 is 0 Å². The van der Waals surface area contributed by atoms with Crippen LogP contribution in [0.5, 0.6) is 0 Å². The second-order valence-corrected chi connectivity index (χ2v) is 4.55. The van der Waals surface area contributed by atoms with Gasteiger partial charge in [0.2, 0.25) is 0 Å². The number of aliphatic hydroxyl groups excluding tert-OH is 1. The van der Waals surface area contributed by atoms with Gasteiger partial charge in [0.1, 0.15) is 5.82 Å². The molecule has 2 N–H and O–H groups in total. The van der Waals surface area contributed by atoms with Crippen molar-refractivity contribution in [1.82, 2.24) is 0 Å². The highest BCUT2D eigenvalue weighted by Gasteiger charge is 2.19. The predicted molar refractivity (Wildman–Crippen MR) is 71.2 cm³/mol. The van der Waals surface area contributed by atoms with Gasteiger partial charge in [-0.1, -0.05) is 23.7 Å². The quantitative estimate of drug-likeness (QED) is 0.839. The number of nitrogens with one attached hydrogen (secondary N) is 1. The van der Waals surface area contributed by atoms with Crippen molar-refractivity contribution in [3.05, 3.63) is 64.4 Å². The molecule has 0 spiro atoms. The number of rotatable bonds is 4. The Hall–Kier alpha value is -1.72. The van der Waals surface area contributed by atoms with Crippen LogP contribution in [0.2, 0.25) is 5.02 Å². The van der Waals surface area contributed by atoms with Crippen LogP contribution >= 0.6 is 11.6 Å². The fourth-order valence-corrected chi connectivity index (χ4v) is 1.98. The Kier molecular flexibility index (Phi) is 4.52. The van der Waals surface area contributed by atoms with Gasteiger partial charge in [-0.25, -0.2) is 13.2 Å². The van der Waals surface area contributed by atoms with E-state index in [1.165, 1.54) is 0 Å². The molecule has 0 aliphatic heterocycles. The minimum Gasteiger partial charge on any atom is -0.394 e. The number of halogens is 4. The molecular weight excluding hydrogens is 291 g/mol. The zero-order chi connectivity index (χ0) is 14.7. The second kappa shape index (κ2) is 6.15. The van der Waals surface area contributed by atoms with Crippen LogP contribution in [0.1, 0.15) is 11.6 Å². The second-order valence-electron chi connectivity index (χ2n) is 4.15. The number of hydrogen-bond donors (Lipinski definition) is 2. The Labute approximate surface area is 118 Å². The largest absolute Gasteiger partial charge is 0.394 e. The van der Waals surface area contributed by atoms with E-state index in [0.29, 0.717) is 16.8 Å². The third-order valence-electron chi connectivity index (χ3n) is 2.80. The summed E-state index contributed by atoms with van der Waals surface area (Å²) in [7, 11) is 0. The van der Waals surface area contributed by atoms with Crippen molar-refractivity contribution in [2.45, 2.75) is 6.04 Å². The molecule has 2 nitrogen and oxygen atoms in total. The number of benzene rings is 2. The fraction of sp³-hybridized carbons (Fsp3) is 0.143. The third-order valence-corrected chi connectivity index (χ3v) is 3.13. The number of aliphatic hydroxyl groups is 1. The van der Waals surface area contributed by atoms with E-state index in [4.69, 9.17) is 11.6 Å². The molecule has 0 heterocycles. The highest BCUT2D eigenvalue weighted by molar-refractivity contribution is 6.33. The van der Waals surface area contributed by atoms with E-state index in [0.717, 1.165) is 6.07 Å². The van der Waals surface area contributed by atoms with Gasteiger partial charge in [0.05, 0.1) is 23.4 Å². The van der Waals surface area contributed by atoms with Gasteiger partial charge in [0.15, 0.2) is 11.6 Å². The molecular formula is C14H11ClF3NO. The molecule has 6 heteroatoms. The van der Waals surface area contributed by atoms with Crippen molar-refractivity contribution in [3.63, 3.8) is 0 Å². The van der Waals surface area contributed by atoms with E-state index < -0.39 is 30.1 Å². The number of anilines is 1. The highest BCUT2D eigenvalue weighted by atomic mass is 35.5. The van der Waals surface area contributed by atoms with E-state index in [9.17, 15) is 18.3 Å². The summed E-state index contributed by atoms with van der Waals surface area (Å²) in [5, 5.41) is 12.5. The molecule has 0 saturated heterocycles. The van der Waals surface area contributed by atoms with Crippen LogP contribution in [0.4, 0.5) is 18.9 Å². The maximum absolute atomic E-state index is 13.7. The predicted octanol–water partition coefficient (Wildman–Crippen LogP) is 3.90. The smallest absolute Gasteiger partial charge is 0.161 e. The molecule has 2 aromatic rings. The maximum Gasteiger partial charge on any atom is 0.161 e. The normalized spacial score (nSPS) is 12.2. The van der Waals surface area contributed by atoms with Gasteiger partial charge in [-0.15, -0.1) is 0 Å². The van der Waals surface area contributed by atoms with Crippen LogP contribution in [0.15, 0.2) is 36.4 Å². The molecule has 2 rings (SSSR count). The highest BCUT2D eigenvalue weighted by Crippen LogP contribution is 2.28. The lowest BCUT2D eigenvalue weighted by Crippen LogP contribution is -2.17. The van der Waals surface area contributed by atoms with Crippen LogP contribution in [0.3, 0.4) is 0 Å². The summed E-state index contributed by atoms with van der Waals surface area (Å²) in [5.74, 6) is -3.40. The van der Waals surface area contributed by atoms with E-state index in [1.807, 2.05) is 0 Å². The topological polar surface area (TPSA) is 32.3 Å². The molecule has 0 aliphatic carbocycles. The molecule has 1 atom stereocenters. The van der Waals surface area contributed by atoms with Crippen molar-refractivity contribution in [1.29, 1.82) is 0 Å². The molecule has 0 saturated carbocycles. The molecule has 0 aliphatic rings. The molecule has 0 amide bonds. The summed E-state index contributed by atoms with van der Waals surface area (Å²) < 4.78 is 39.8. The lowest BCUT2D eigenvalue weighted by molar-refractivity contribution is 0.273. The lowest BCUT2D eigenvalue weighted by Gasteiger charge is -2.19. The average Bonchev–Trinajstić information content (AvgIpc) is 2.42. The summed E-state index contributed by atoms with van der Waals surface area (Å²) in [6, 6.07) is 6.87. The molecule has 0 radical (unpaired) electrons. The summed E-state index contributed by atoms with van der Waals surface area (Å²) in [4.78, 5) is 0. The Morgan fingerprint density at radius 3 is 2.35 bits per heavy atom. The van der Waals surface area contributed by atoms with Gasteiger partial charge >= 0.3 is 0 Å². The number of para-hydroxylation sites is 1. The zero-order valence-corrected chi connectivity index (χ0v) is 11.0. The minimum absolute atomic E-state index is 0.175. The van der Waals surface area contributed by atoms with Crippen molar-refractivity contribution in [3.8, 4) is 0 Å². The van der Waals surface area contributed by atoms with Crippen LogP contribution < -0.4 is 5.32 Å². The molecule has 0 fully saturated rings. The summed E-state index contributed by atoms with van der Waals surface area (Å²) in [6.45, 7) is -0.507. The summed E-state index contributed by atoms with van der Waals surface area (Å²) in [6.07, 6.45) is 0. The van der Waals surface area contributed by atoms with Gasteiger partial charge in [-0.3, -0.25) is 0 Å². The molecule has 0 bridgehead atoms. The van der Waals surface area contributed by atoms with Gasteiger partial charge in [0.25, 0.3) is 0 Å². The van der Waals surface area contributed by atoms with Crippen LogP contribution in [0, 0.1) is 17.5 Å². The van der Waals surface area contributed by atoms with Crippen molar-refractivity contribution >= 4 is 17.3 Å². The molecule has 2 aromatic carbocycles. The zero-order valence-electron chi connectivity index (χ0n) is 10.2. The van der Waals surface area contributed by atoms with E-state index in [2.05, 4.69) is 5.32 Å². The third kappa shape index (κ3) is 3.05. The Morgan fingerprint density at radius 1 is 1.05 bits per heavy atom. The molecule has 0 aromatic heterocycles. The standard InChI is InChI=1S/C14H11ClF3NO/c15-9-3-1-2-4-13(9)19-14(7-20)8-5-11(17)12(18)6-10(8)16/h1-6,14,19-20H,7H2. The van der Waals surface area contributed by atoms with Crippen molar-refractivity contribution in [2.75, 3.05) is 11.9 Å². The van der Waals surface area contributed by atoms with Gasteiger partial charge in [-0.2, -0.15) is 0 Å². The molecule has 106 valence electrons. The van der Waals surface area contributed by atoms with Crippen LogP contribution in [0.25, 0.3) is 0 Å². The molecule has 1 unspecified atom stereocenters. The van der Waals surface area contributed by atoms with Gasteiger partial charge in [0, 0.05) is 11.6 Å². The van der Waals surface area contributed by atoms with Crippen molar-refractivity contribution in [2.24, 2.45) is 0 Å². The SMILES string of the molecule is OCC(Nc1ccccc1Cl)c1cc(F)c(F)cc1F. The lowest BCUT2D eigenvalue weighted by atomic mass is 10.1.